The molecule has 2 fully saturated rings. The molecule has 1 aliphatic heterocycles. The lowest BCUT2D eigenvalue weighted by molar-refractivity contribution is -0.0352. The summed E-state index contributed by atoms with van der Waals surface area (Å²) >= 11 is 0. The van der Waals surface area contributed by atoms with Crippen LogP contribution in [0.5, 0.6) is 0 Å². The largest absolute Gasteiger partial charge is 0.379 e. The zero-order valence-electron chi connectivity index (χ0n) is 17.8. The number of nitrogens with zero attached hydrogens (tertiary/aromatic N) is 3. The van der Waals surface area contributed by atoms with E-state index in [4.69, 9.17) is 4.74 Å². The molecule has 1 aromatic carbocycles. The summed E-state index contributed by atoms with van der Waals surface area (Å²) in [6.45, 7) is 5.54. The molecule has 1 saturated carbocycles. The molecule has 156 valence electrons. The van der Waals surface area contributed by atoms with Crippen molar-refractivity contribution in [1.29, 1.82) is 0 Å². The first-order chi connectivity index (χ1) is 13.6. The lowest BCUT2D eigenvalue weighted by Gasteiger charge is -2.48. The standard InChI is InChI=1S/C22H37N5O/c1-23-21(24-17-19-7-9-20(10-8-19)26(2)3)25-18-22(11-5-4-6-12-22)27-13-15-28-16-14-27/h7-10H,4-6,11-18H2,1-3H3,(H2,23,24,25). The van der Waals surface area contributed by atoms with Crippen LogP contribution in [-0.2, 0) is 11.3 Å². The van der Waals surface area contributed by atoms with Gasteiger partial charge in [0.15, 0.2) is 5.96 Å². The summed E-state index contributed by atoms with van der Waals surface area (Å²) in [6, 6.07) is 8.66. The SMILES string of the molecule is CN=C(NCc1ccc(N(C)C)cc1)NCC1(N2CCOCC2)CCCCC1. The fourth-order valence-corrected chi connectivity index (χ4v) is 4.42. The molecule has 1 aromatic rings. The van der Waals surface area contributed by atoms with E-state index in [0.29, 0.717) is 0 Å². The maximum absolute atomic E-state index is 5.59. The molecule has 1 heterocycles. The van der Waals surface area contributed by atoms with Crippen LogP contribution < -0.4 is 15.5 Å². The van der Waals surface area contributed by atoms with Crippen LogP contribution in [0.1, 0.15) is 37.7 Å². The smallest absolute Gasteiger partial charge is 0.191 e. The van der Waals surface area contributed by atoms with Crippen LogP contribution in [0, 0.1) is 0 Å². The predicted molar refractivity (Wildman–Crippen MR) is 117 cm³/mol. The Kier molecular flexibility index (Phi) is 7.57. The highest BCUT2D eigenvalue weighted by atomic mass is 16.5. The quantitative estimate of drug-likeness (QED) is 0.580. The summed E-state index contributed by atoms with van der Waals surface area (Å²) < 4.78 is 5.59. The van der Waals surface area contributed by atoms with Crippen LogP contribution in [-0.4, -0.2) is 70.4 Å². The molecule has 0 spiro atoms. The highest BCUT2D eigenvalue weighted by molar-refractivity contribution is 5.79. The average molecular weight is 388 g/mol. The molecule has 0 radical (unpaired) electrons. The molecule has 1 aliphatic carbocycles. The van der Waals surface area contributed by atoms with E-state index in [9.17, 15) is 0 Å². The number of guanidine groups is 1. The van der Waals surface area contributed by atoms with Gasteiger partial charge in [0, 0.05) is 58.5 Å². The lowest BCUT2D eigenvalue weighted by atomic mass is 9.80. The molecular formula is C22H37N5O. The minimum atomic E-state index is 0.243. The van der Waals surface area contributed by atoms with E-state index in [1.165, 1.54) is 43.4 Å². The Hall–Kier alpha value is -1.79. The summed E-state index contributed by atoms with van der Waals surface area (Å²) in [5.74, 6) is 0.884. The van der Waals surface area contributed by atoms with Gasteiger partial charge in [-0.3, -0.25) is 9.89 Å². The van der Waals surface area contributed by atoms with Crippen molar-refractivity contribution in [3.05, 3.63) is 29.8 Å². The summed E-state index contributed by atoms with van der Waals surface area (Å²) in [7, 11) is 5.98. The molecule has 6 heteroatoms. The minimum absolute atomic E-state index is 0.243. The minimum Gasteiger partial charge on any atom is -0.379 e. The second kappa shape index (κ2) is 10.1. The summed E-state index contributed by atoms with van der Waals surface area (Å²) in [5.41, 5.74) is 2.72. The third kappa shape index (κ3) is 5.39. The first-order valence-electron chi connectivity index (χ1n) is 10.7. The fraction of sp³-hybridized carbons (Fsp3) is 0.682. The molecule has 2 aliphatic rings. The van der Waals surface area contributed by atoms with E-state index in [-0.39, 0.29) is 5.54 Å². The maximum Gasteiger partial charge on any atom is 0.191 e. The number of aliphatic imine (C=N–C) groups is 1. The average Bonchev–Trinajstić information content (AvgIpc) is 2.75. The van der Waals surface area contributed by atoms with Gasteiger partial charge in [0.05, 0.1) is 13.2 Å². The van der Waals surface area contributed by atoms with Crippen molar-refractivity contribution in [1.82, 2.24) is 15.5 Å². The normalized spacial score (nSPS) is 20.6. The Morgan fingerprint density at radius 3 is 2.36 bits per heavy atom. The molecule has 0 aromatic heterocycles. The number of morpholine rings is 1. The second-order valence-corrected chi connectivity index (χ2v) is 8.22. The molecule has 2 N–H and O–H groups in total. The molecule has 0 atom stereocenters. The zero-order valence-corrected chi connectivity index (χ0v) is 17.8. The van der Waals surface area contributed by atoms with Crippen LogP contribution in [0.4, 0.5) is 5.69 Å². The second-order valence-electron chi connectivity index (χ2n) is 8.22. The Morgan fingerprint density at radius 1 is 1.07 bits per heavy atom. The van der Waals surface area contributed by atoms with Gasteiger partial charge in [0.25, 0.3) is 0 Å². The van der Waals surface area contributed by atoms with Crippen molar-refractivity contribution in [2.75, 3.05) is 58.9 Å². The number of benzene rings is 1. The van der Waals surface area contributed by atoms with E-state index in [1.54, 1.807) is 0 Å². The molecule has 0 bridgehead atoms. The number of ether oxygens (including phenoxy) is 1. The highest BCUT2D eigenvalue weighted by Gasteiger charge is 2.38. The Balaban J connectivity index is 1.55. The van der Waals surface area contributed by atoms with Gasteiger partial charge in [-0.1, -0.05) is 31.4 Å². The Bertz CT molecular complexity index is 616. The van der Waals surface area contributed by atoms with Gasteiger partial charge < -0.3 is 20.3 Å². The monoisotopic (exact) mass is 387 g/mol. The third-order valence-corrected chi connectivity index (χ3v) is 6.19. The molecular weight excluding hydrogens is 350 g/mol. The number of hydrogen-bond donors (Lipinski definition) is 2. The fourth-order valence-electron chi connectivity index (χ4n) is 4.42. The van der Waals surface area contributed by atoms with Crippen molar-refractivity contribution in [2.45, 2.75) is 44.2 Å². The topological polar surface area (TPSA) is 52.1 Å². The first kappa shape index (κ1) is 20.9. The molecule has 6 nitrogen and oxygen atoms in total. The van der Waals surface area contributed by atoms with Gasteiger partial charge in [-0.25, -0.2) is 0 Å². The van der Waals surface area contributed by atoms with E-state index < -0.39 is 0 Å². The van der Waals surface area contributed by atoms with Crippen LogP contribution >= 0.6 is 0 Å². The van der Waals surface area contributed by atoms with Gasteiger partial charge in [-0.15, -0.1) is 0 Å². The van der Waals surface area contributed by atoms with Gasteiger partial charge in [0.1, 0.15) is 0 Å². The van der Waals surface area contributed by atoms with Crippen molar-refractivity contribution in [3.63, 3.8) is 0 Å². The number of rotatable bonds is 6. The van der Waals surface area contributed by atoms with Crippen LogP contribution in [0.15, 0.2) is 29.3 Å². The number of nitrogens with one attached hydrogen (secondary N) is 2. The molecule has 28 heavy (non-hydrogen) atoms. The van der Waals surface area contributed by atoms with Gasteiger partial charge in [-0.2, -0.15) is 0 Å². The van der Waals surface area contributed by atoms with E-state index in [0.717, 1.165) is 45.4 Å². The van der Waals surface area contributed by atoms with E-state index >= 15 is 0 Å². The summed E-state index contributed by atoms with van der Waals surface area (Å²) in [5, 5.41) is 7.10. The number of hydrogen-bond acceptors (Lipinski definition) is 4. The zero-order chi connectivity index (χ0) is 19.8. The third-order valence-electron chi connectivity index (χ3n) is 6.19. The lowest BCUT2D eigenvalue weighted by Crippen LogP contribution is -2.60. The van der Waals surface area contributed by atoms with Crippen LogP contribution in [0.2, 0.25) is 0 Å². The number of anilines is 1. The summed E-state index contributed by atoms with van der Waals surface area (Å²) in [4.78, 5) is 9.23. The highest BCUT2D eigenvalue weighted by Crippen LogP contribution is 2.33. The van der Waals surface area contributed by atoms with E-state index in [2.05, 4.69) is 63.8 Å². The van der Waals surface area contributed by atoms with Crippen LogP contribution in [0.25, 0.3) is 0 Å². The maximum atomic E-state index is 5.59. The van der Waals surface area contributed by atoms with Gasteiger partial charge >= 0.3 is 0 Å². The van der Waals surface area contributed by atoms with Crippen molar-refractivity contribution in [2.24, 2.45) is 4.99 Å². The Morgan fingerprint density at radius 2 is 1.75 bits per heavy atom. The van der Waals surface area contributed by atoms with Gasteiger partial charge in [0.2, 0.25) is 0 Å². The Labute approximate surface area is 170 Å². The molecule has 0 amide bonds. The van der Waals surface area contributed by atoms with Crippen molar-refractivity contribution < 1.29 is 4.74 Å². The van der Waals surface area contributed by atoms with Crippen molar-refractivity contribution >= 4 is 11.6 Å². The van der Waals surface area contributed by atoms with Crippen LogP contribution in [0.3, 0.4) is 0 Å². The van der Waals surface area contributed by atoms with Crippen molar-refractivity contribution in [3.8, 4) is 0 Å². The summed E-state index contributed by atoms with van der Waals surface area (Å²) in [6.07, 6.45) is 6.54. The molecule has 3 rings (SSSR count). The first-order valence-corrected chi connectivity index (χ1v) is 10.7. The predicted octanol–water partition coefficient (Wildman–Crippen LogP) is 2.45. The molecule has 0 unspecified atom stereocenters. The van der Waals surface area contributed by atoms with E-state index in [1.807, 2.05) is 7.05 Å². The molecule has 1 saturated heterocycles. The van der Waals surface area contributed by atoms with Gasteiger partial charge in [-0.05, 0) is 30.5 Å².